The van der Waals surface area contributed by atoms with Crippen molar-refractivity contribution in [3.8, 4) is 0 Å². The third-order valence-corrected chi connectivity index (χ3v) is 16.9. The smallest absolute Gasteiger partial charge is 0.251 e. The molecule has 6 aromatic carbocycles. The van der Waals surface area contributed by atoms with Gasteiger partial charge in [-0.25, -0.2) is 0 Å². The highest BCUT2D eigenvalue weighted by molar-refractivity contribution is 6.00. The highest BCUT2D eigenvalue weighted by Gasteiger charge is 2.34. The van der Waals surface area contributed by atoms with Crippen LogP contribution in [0.3, 0.4) is 0 Å². The van der Waals surface area contributed by atoms with Gasteiger partial charge in [0.1, 0.15) is 24.2 Å². The van der Waals surface area contributed by atoms with Gasteiger partial charge in [0, 0.05) is 84.9 Å². The Labute approximate surface area is 540 Å². The fraction of sp³-hybridized carbons (Fsp3) is 0.205. The lowest BCUT2D eigenvalue weighted by Crippen LogP contribution is -2.60. The van der Waals surface area contributed by atoms with Crippen molar-refractivity contribution in [2.24, 2.45) is 11.8 Å². The number of benzene rings is 6. The Balaban J connectivity index is 0.896. The van der Waals surface area contributed by atoms with Crippen LogP contribution in [0.15, 0.2) is 224 Å². The molecule has 11 rings (SSSR count). The number of amides is 5. The maximum Gasteiger partial charge on any atom is 0.251 e. The Bertz CT molecular complexity index is 4570. The van der Waals surface area contributed by atoms with Crippen LogP contribution in [-0.4, -0.2) is 85.5 Å². The molecule has 8 bridgehead atoms. The third-order valence-electron chi connectivity index (χ3n) is 16.9. The Morgan fingerprint density at radius 3 is 1.05 bits per heavy atom. The molecule has 0 saturated carbocycles. The molecule has 5 heterocycles. The van der Waals surface area contributed by atoms with Crippen molar-refractivity contribution in [3.63, 3.8) is 0 Å². The minimum Gasteiger partial charge on any atom is -0.354 e. The zero-order valence-corrected chi connectivity index (χ0v) is 53.0. The van der Waals surface area contributed by atoms with Crippen molar-refractivity contribution in [1.29, 1.82) is 0 Å². The van der Waals surface area contributed by atoms with E-state index in [9.17, 15) is 28.8 Å². The number of carbonyl (C=O) groups is 6. The minimum atomic E-state index is -1.19. The summed E-state index contributed by atoms with van der Waals surface area (Å²) in [5, 5.41) is 18.0. The number of carbonyl (C=O) groups excluding carboxylic acids is 6. The van der Waals surface area contributed by atoms with Crippen LogP contribution >= 0.6 is 0 Å². The fourth-order valence-corrected chi connectivity index (χ4v) is 12.0. The predicted molar refractivity (Wildman–Crippen MR) is 364 cm³/mol. The molecule has 0 saturated heterocycles. The van der Waals surface area contributed by atoms with E-state index in [4.69, 9.17) is 0 Å². The van der Waals surface area contributed by atoms with Gasteiger partial charge >= 0.3 is 0 Å². The molecule has 0 spiro atoms. The van der Waals surface area contributed by atoms with Crippen LogP contribution in [0, 0.1) is 11.8 Å². The van der Waals surface area contributed by atoms with Crippen LogP contribution in [0.2, 0.25) is 0 Å². The normalized spacial score (nSPS) is 13.8. The Hall–Kier alpha value is -11.1. The number of aromatic amines is 4. The lowest BCUT2D eigenvalue weighted by Gasteiger charge is -2.29. The van der Waals surface area contributed by atoms with Gasteiger partial charge in [0.15, 0.2) is 5.78 Å². The van der Waals surface area contributed by atoms with Gasteiger partial charge in [-0.3, -0.25) is 28.8 Å². The number of H-pyrrole nitrogens is 4. The van der Waals surface area contributed by atoms with Gasteiger partial charge in [-0.15, -0.1) is 0 Å². The third kappa shape index (κ3) is 15.1. The first-order valence-corrected chi connectivity index (χ1v) is 31.7. The molecule has 5 amide bonds. The Kier molecular flexibility index (Phi) is 19.7. The van der Waals surface area contributed by atoms with E-state index < -0.39 is 65.7 Å². The van der Waals surface area contributed by atoms with Crippen LogP contribution < -0.4 is 48.0 Å². The van der Waals surface area contributed by atoms with Crippen molar-refractivity contribution in [1.82, 2.24) is 46.5 Å². The van der Waals surface area contributed by atoms with Crippen molar-refractivity contribution >= 4 is 57.6 Å². The number of aromatic nitrogens is 4. The molecule has 10 aromatic rings. The van der Waals surface area contributed by atoms with Crippen molar-refractivity contribution in [2.45, 2.75) is 91.0 Å². The number of hydrogen-bond donors (Lipinski definition) is 9. The number of hydrogen-bond acceptors (Lipinski definition) is 6. The van der Waals surface area contributed by atoms with Crippen molar-refractivity contribution < 1.29 is 28.8 Å². The van der Waals surface area contributed by atoms with E-state index in [1.165, 1.54) is 6.92 Å². The van der Waals surface area contributed by atoms with E-state index in [-0.39, 0.29) is 31.0 Å². The zero-order chi connectivity index (χ0) is 65.1. The summed E-state index contributed by atoms with van der Waals surface area (Å²) in [6.07, 6.45) is 0.422. The molecule has 0 radical (unpaired) electrons. The maximum atomic E-state index is 14.6. The molecule has 470 valence electrons. The summed E-state index contributed by atoms with van der Waals surface area (Å²) in [6, 6.07) is 68.2. The van der Waals surface area contributed by atoms with E-state index in [0.29, 0.717) is 5.56 Å². The SMILES string of the molecule is CC(=O)[C@H](C)NC(=O)[C@H](Cc1ccccc1)NC(=O)[C@H](Cc1ccccc1)NC(=O)[C@@H](NC(=O)C(CC(C)C)NC(=O)c1ccc(C2=c3ccc([nH]3)=C(c3ccccc3)c3ccc([nH]3)C(c3ccccc3)=c3ccc([nH]3)=C(c3ccccc3)c3ccc2[nH]3)cc1)C(C)C. The molecular weight excluding hydrogens is 1160 g/mol. The largest absolute Gasteiger partial charge is 0.354 e. The quantitative estimate of drug-likeness (QED) is 0.0326. The summed E-state index contributed by atoms with van der Waals surface area (Å²) in [6.45, 7) is 10.4. The second-order valence-corrected chi connectivity index (χ2v) is 24.5. The topological polar surface area (TPSA) is 226 Å². The van der Waals surface area contributed by atoms with Crippen LogP contribution in [0.1, 0.15) is 114 Å². The summed E-state index contributed by atoms with van der Waals surface area (Å²) in [5.74, 6) is -3.65. The van der Waals surface area contributed by atoms with E-state index in [1.54, 1.807) is 32.9 Å². The molecule has 0 aliphatic carbocycles. The molecule has 0 fully saturated rings. The molecule has 5 atom stereocenters. The van der Waals surface area contributed by atoms with E-state index in [1.807, 2.05) is 129 Å². The van der Waals surface area contributed by atoms with Gasteiger partial charge in [0.2, 0.25) is 23.6 Å². The first-order chi connectivity index (χ1) is 45.0. The number of rotatable bonds is 22. The zero-order valence-electron chi connectivity index (χ0n) is 53.0. The van der Waals surface area contributed by atoms with Gasteiger partial charge in [-0.1, -0.05) is 191 Å². The summed E-state index contributed by atoms with van der Waals surface area (Å²) in [5.41, 5.74) is 13.1. The first kappa shape index (κ1) is 63.5. The number of ketones is 1. The molecule has 4 aromatic heterocycles. The summed E-state index contributed by atoms with van der Waals surface area (Å²) in [4.78, 5) is 99.5. The van der Waals surface area contributed by atoms with E-state index in [0.717, 1.165) is 99.8 Å². The Morgan fingerprint density at radius 1 is 0.344 bits per heavy atom. The standard InChI is InChI=1S/C78H77N9O6/c1-47(2)44-66(77(92)87-73(48(3)4)78(93)86-68(46-52-24-14-8-15-25-52)76(91)85-67(45-51-22-12-7-13-23-51)75(90)79-49(5)50(6)88)84-74(89)57-34-32-56(33-35-57)72-64-42-40-62(82-64)70(54-28-18-10-19-29-54)60-38-36-58(80-60)69(53-26-16-9-17-27-53)59-37-39-61(81-59)71(55-30-20-11-21-31-55)63-41-43-65(72)83-63/h7-43,47-49,66-68,73,80-83H,44-46H2,1-6H3,(H,79,90)(H,84,89)(H,85,91)(H,86,93)(H,87,92)/t49-,66?,67-,68-,73-/m0/s1. The van der Waals surface area contributed by atoms with Crippen LogP contribution in [0.5, 0.6) is 0 Å². The minimum absolute atomic E-state index is 0.0490. The second-order valence-electron chi connectivity index (χ2n) is 24.5. The lowest BCUT2D eigenvalue weighted by molar-refractivity contribution is -0.135. The summed E-state index contributed by atoms with van der Waals surface area (Å²) >= 11 is 0. The van der Waals surface area contributed by atoms with Gasteiger partial charge in [-0.2, -0.15) is 0 Å². The fourth-order valence-electron chi connectivity index (χ4n) is 12.0. The highest BCUT2D eigenvalue weighted by atomic mass is 16.2. The molecule has 1 aliphatic heterocycles. The second kappa shape index (κ2) is 28.8. The average Bonchev–Trinajstić information content (AvgIpc) is 1.79. The van der Waals surface area contributed by atoms with E-state index in [2.05, 4.69) is 144 Å². The van der Waals surface area contributed by atoms with Crippen molar-refractivity contribution in [3.05, 3.63) is 308 Å². The molecule has 1 unspecified atom stereocenters. The van der Waals surface area contributed by atoms with Gasteiger partial charge in [0.25, 0.3) is 5.91 Å². The lowest BCUT2D eigenvalue weighted by atomic mass is 9.98. The summed E-state index contributed by atoms with van der Waals surface area (Å²) < 4.78 is 0. The number of Topliss-reactive ketones (excluding diaryl/α,β-unsaturated/α-hetero) is 1. The van der Waals surface area contributed by atoms with Crippen molar-refractivity contribution in [2.75, 3.05) is 0 Å². The van der Waals surface area contributed by atoms with Crippen LogP contribution in [-0.2, 0) is 36.8 Å². The Morgan fingerprint density at radius 2 is 0.688 bits per heavy atom. The average molecular weight is 1240 g/mol. The maximum absolute atomic E-state index is 14.6. The monoisotopic (exact) mass is 1240 g/mol. The van der Waals surface area contributed by atoms with Crippen LogP contribution in [0.4, 0.5) is 0 Å². The molecular formula is C78H77N9O6. The molecule has 15 nitrogen and oxygen atoms in total. The van der Waals surface area contributed by atoms with Crippen LogP contribution in [0.25, 0.3) is 22.3 Å². The predicted octanol–water partition coefficient (Wildman–Crippen LogP) is 8.14. The van der Waals surface area contributed by atoms with Gasteiger partial charge in [0.05, 0.1) is 6.04 Å². The number of fused-ring (bicyclic) bond motifs is 8. The first-order valence-electron chi connectivity index (χ1n) is 31.7. The molecule has 9 N–H and O–H groups in total. The van der Waals surface area contributed by atoms with Gasteiger partial charge in [-0.05, 0) is 126 Å². The molecule has 93 heavy (non-hydrogen) atoms. The highest BCUT2D eigenvalue weighted by Crippen LogP contribution is 2.29. The number of nitrogens with one attached hydrogen (secondary N) is 9. The molecule has 15 heteroatoms. The van der Waals surface area contributed by atoms with E-state index >= 15 is 0 Å². The van der Waals surface area contributed by atoms with Gasteiger partial charge < -0.3 is 46.5 Å². The molecule has 1 aliphatic rings. The summed E-state index contributed by atoms with van der Waals surface area (Å²) in [7, 11) is 0.